The van der Waals surface area contributed by atoms with Gasteiger partial charge in [0.25, 0.3) is 0 Å². The molecule has 0 radical (unpaired) electrons. The van der Waals surface area contributed by atoms with Gasteiger partial charge in [-0.1, -0.05) is 148 Å². The zero-order valence-electron chi connectivity index (χ0n) is 65.3. The number of anilines is 2. The van der Waals surface area contributed by atoms with E-state index in [0.29, 0.717) is 69.8 Å². The van der Waals surface area contributed by atoms with Crippen LogP contribution in [0.4, 0.5) is 11.9 Å². The van der Waals surface area contributed by atoms with Crippen LogP contribution < -0.4 is 65.1 Å². The number of nitrogens with one attached hydrogen (secondary N) is 11. The van der Waals surface area contributed by atoms with E-state index in [1.807, 2.05) is 70.2 Å². The topological polar surface area (TPSA) is 497 Å². The predicted molar refractivity (Wildman–Crippen MR) is 431 cm³/mol. The number of primary amides is 1. The number of amides is 11. The minimum absolute atomic E-state index is 0.0293. The molecule has 4 heterocycles. The molecule has 0 aliphatic carbocycles. The molecule has 0 unspecified atom stereocenters. The van der Waals surface area contributed by atoms with Crippen molar-refractivity contribution in [3.05, 3.63) is 173 Å². The second kappa shape index (κ2) is 41.5. The Labute approximate surface area is 670 Å². The molecule has 33 nitrogen and oxygen atoms in total. The van der Waals surface area contributed by atoms with Gasteiger partial charge in [-0.25, -0.2) is 10.2 Å². The molecule has 1 aliphatic heterocycles. The number of aromatic nitrogens is 7. The van der Waals surface area contributed by atoms with Gasteiger partial charge >= 0.3 is 0 Å². The molecule has 9 rings (SSSR count). The van der Waals surface area contributed by atoms with E-state index >= 15 is 28.8 Å². The van der Waals surface area contributed by atoms with Crippen LogP contribution in [0.1, 0.15) is 108 Å². The van der Waals surface area contributed by atoms with Crippen molar-refractivity contribution >= 4 is 99.2 Å². The summed E-state index contributed by atoms with van der Waals surface area (Å²) >= 11 is 6.28. The third-order valence-electron chi connectivity index (χ3n) is 19.6. The van der Waals surface area contributed by atoms with Crippen molar-refractivity contribution in [2.24, 2.45) is 11.7 Å². The number of carbonyl (C=O) groups is 11. The van der Waals surface area contributed by atoms with Crippen molar-refractivity contribution in [1.82, 2.24) is 93.0 Å². The first-order valence-corrected chi connectivity index (χ1v) is 38.6. The van der Waals surface area contributed by atoms with E-state index < -0.39 is 132 Å². The molecule has 1 saturated heterocycles. The molecular formula is C81H102ClN21O12. The SMILES string of the molecule is CC(=O)N[C@H](Cc1ccc2ccccc2c1)C(=O)N[C@@H](Cc1ccc(Cl)cc1)C(=O)N[C@H](Cc1cccnc1)C(=O)N[C@@H](CO)C(=O)N[C@@H](Cc1ccc(-c2n[nH]c(N)n2)cc1)C(=O)N[C@@H](Cc1ccc(-c2n[nH]c(N)n2)cc1)C(=O)N(C)[C@@H](CC(C)C)C(=O)N[C@@H](CCCCNC(C)C)C(=O)N1CCC[C@@H]1C(=O)N[C@@H](C)C(N)=O. The number of aliphatic hydroxyl groups is 1. The zero-order chi connectivity index (χ0) is 83.0. The van der Waals surface area contributed by atoms with Crippen LogP contribution in [-0.2, 0) is 84.8 Å². The fourth-order valence-electron chi connectivity index (χ4n) is 13.5. The van der Waals surface area contributed by atoms with E-state index in [1.54, 1.807) is 84.9 Å². The van der Waals surface area contributed by atoms with Crippen LogP contribution in [0.3, 0.4) is 0 Å². The number of nitrogens with two attached hydrogens (primary N) is 3. The van der Waals surface area contributed by atoms with Gasteiger partial charge in [0, 0.05) is 87.2 Å². The van der Waals surface area contributed by atoms with Crippen LogP contribution >= 0.6 is 11.6 Å². The number of benzene rings is 5. The number of hydrogen-bond acceptors (Lipinski definition) is 20. The average Bonchev–Trinajstić information content (AvgIpc) is 1.39. The number of likely N-dealkylation sites (tertiary alicyclic amines) is 1. The van der Waals surface area contributed by atoms with Gasteiger partial charge in [0.05, 0.1) is 6.61 Å². The van der Waals surface area contributed by atoms with Crippen LogP contribution in [0.2, 0.25) is 5.02 Å². The third-order valence-corrected chi connectivity index (χ3v) is 19.9. The molecule has 115 heavy (non-hydrogen) atoms. The van der Waals surface area contributed by atoms with Crippen LogP contribution in [0.5, 0.6) is 0 Å². The van der Waals surface area contributed by atoms with Gasteiger partial charge in [-0.2, -0.15) is 20.2 Å². The number of nitrogen functional groups attached to an aromatic ring is 2. The maximum Gasteiger partial charge on any atom is 0.245 e. The van der Waals surface area contributed by atoms with E-state index in [2.05, 4.69) is 83.2 Å². The summed E-state index contributed by atoms with van der Waals surface area (Å²) in [7, 11) is 1.40. The Morgan fingerprint density at radius 1 is 0.565 bits per heavy atom. The number of hydrogen-bond donors (Lipinski definition) is 15. The highest BCUT2D eigenvalue weighted by Crippen LogP contribution is 2.25. The third kappa shape index (κ3) is 25.4. The van der Waals surface area contributed by atoms with E-state index in [-0.39, 0.29) is 93.4 Å². The molecule has 3 aromatic heterocycles. The number of nitrogens with zero attached hydrogens (tertiary/aromatic N) is 7. The first kappa shape index (κ1) is 86.7. The van der Waals surface area contributed by atoms with Gasteiger partial charge in [-0.15, -0.1) is 0 Å². The Kier molecular flexibility index (Phi) is 31.3. The van der Waals surface area contributed by atoms with Crippen LogP contribution in [0.25, 0.3) is 33.5 Å². The summed E-state index contributed by atoms with van der Waals surface area (Å²) < 4.78 is 0. The minimum atomic E-state index is -1.85. The number of aromatic amines is 2. The molecule has 610 valence electrons. The number of pyridine rings is 1. The summed E-state index contributed by atoms with van der Waals surface area (Å²) in [4.78, 5) is 175. The molecule has 1 fully saturated rings. The summed E-state index contributed by atoms with van der Waals surface area (Å²) in [5.74, 6) is -8.19. The molecule has 5 aromatic carbocycles. The smallest absolute Gasteiger partial charge is 0.245 e. The summed E-state index contributed by atoms with van der Waals surface area (Å²) in [6.45, 7) is 10.1. The van der Waals surface area contributed by atoms with E-state index in [1.165, 1.54) is 43.1 Å². The monoisotopic (exact) mass is 1600 g/mol. The number of halogens is 1. The van der Waals surface area contributed by atoms with Gasteiger partial charge in [0.2, 0.25) is 76.9 Å². The lowest BCUT2D eigenvalue weighted by molar-refractivity contribution is -0.145. The van der Waals surface area contributed by atoms with Crippen LogP contribution in [-0.4, -0.2) is 208 Å². The number of aliphatic hydroxyl groups excluding tert-OH is 1. The second-order valence-corrected chi connectivity index (χ2v) is 29.9. The highest BCUT2D eigenvalue weighted by atomic mass is 35.5. The second-order valence-electron chi connectivity index (χ2n) is 29.5. The van der Waals surface area contributed by atoms with Gasteiger partial charge in [0.15, 0.2) is 11.6 Å². The molecule has 0 saturated carbocycles. The van der Waals surface area contributed by atoms with Gasteiger partial charge < -0.3 is 80.0 Å². The number of carbonyl (C=O) groups excluding carboxylic acids is 11. The van der Waals surface area contributed by atoms with Crippen molar-refractivity contribution in [3.8, 4) is 22.8 Å². The zero-order valence-corrected chi connectivity index (χ0v) is 66.0. The average molecular weight is 1600 g/mol. The number of fused-ring (bicyclic) bond motifs is 1. The van der Waals surface area contributed by atoms with Crippen molar-refractivity contribution in [1.29, 1.82) is 0 Å². The summed E-state index contributed by atoms with van der Waals surface area (Å²) in [6.07, 6.45) is 4.05. The van der Waals surface area contributed by atoms with Gasteiger partial charge in [-0.05, 0) is 115 Å². The molecule has 0 bridgehead atoms. The maximum absolute atomic E-state index is 15.7. The van der Waals surface area contributed by atoms with Crippen molar-refractivity contribution in [3.63, 3.8) is 0 Å². The fourth-order valence-corrected chi connectivity index (χ4v) is 13.6. The standard InChI is InChI=1S/C81H102ClN21O12/c1-45(2)36-67(77(113)90-59(17-10-11-34-87-46(3)4)79(115)103-35-13-18-66(103)76(112)88-47(5)68(83)106)102(7)78(114)64(40-50-21-29-56(30-22-50)70-97-81(85)101-99-70)94-73(109)62(38-49-19-27-55(28-20-49)69-96-80(84)100-98-69)93-75(111)65(44-104)95-74(110)63(42-53-14-12-33-86-43-53)92-72(108)61(39-51-24-31-58(82)32-25-51)91-71(107)60(89-48(6)105)41-52-23-26-54-15-8-9-16-57(54)37-52/h8-9,12,14-16,19-33,37,43,45-47,59-67,87,104H,10-11,13,17-18,34-36,38-42,44H2,1-7H3,(H2,83,106)(H,88,112)(H,89,105)(H,90,113)(H,91,107)(H,92,108)(H,93,111)(H,94,109)(H,95,110)(H3,84,96,98,100)(H3,85,97,99,101)/t47-,59-,60+,61-,62-,63+,64-,65-,66+,67-/m0/s1. The molecule has 18 N–H and O–H groups in total. The largest absolute Gasteiger partial charge is 0.394 e. The molecule has 0 spiro atoms. The first-order valence-electron chi connectivity index (χ1n) is 38.2. The number of rotatable bonds is 40. The van der Waals surface area contributed by atoms with E-state index in [9.17, 15) is 29.1 Å². The Balaban J connectivity index is 1.01. The summed E-state index contributed by atoms with van der Waals surface area (Å²) in [5.41, 5.74) is 20.9. The minimum Gasteiger partial charge on any atom is -0.394 e. The Morgan fingerprint density at radius 3 is 1.56 bits per heavy atom. The molecular weight excluding hydrogens is 1490 g/mol. The Hall–Kier alpha value is -12.2. The van der Waals surface area contributed by atoms with Crippen molar-refractivity contribution < 1.29 is 57.8 Å². The Bertz CT molecular complexity index is 4680. The summed E-state index contributed by atoms with van der Waals surface area (Å²) in [5, 5.41) is 52.3. The predicted octanol–water partition coefficient (Wildman–Crippen LogP) is 2.56. The lowest BCUT2D eigenvalue weighted by Gasteiger charge is -2.34. The molecule has 1 aliphatic rings. The molecule has 34 heteroatoms. The fraction of sp³-hybridized carbons (Fsp3) is 0.407. The first-order chi connectivity index (χ1) is 55.0. The normalized spacial score (nSPS) is 15.0. The summed E-state index contributed by atoms with van der Waals surface area (Å²) in [6, 6.07) is 22.8. The Morgan fingerprint density at radius 2 is 1.05 bits per heavy atom. The highest BCUT2D eigenvalue weighted by Gasteiger charge is 2.42. The number of unbranched alkanes of at least 4 members (excludes halogenated alkanes) is 1. The van der Waals surface area contributed by atoms with Crippen molar-refractivity contribution in [2.45, 2.75) is 179 Å². The van der Waals surface area contributed by atoms with Gasteiger partial charge in [0.1, 0.15) is 60.4 Å². The number of H-pyrrole nitrogens is 2. The number of likely N-dealkylation sites (N-methyl/N-ethyl adjacent to an activating group) is 1. The van der Waals surface area contributed by atoms with Gasteiger partial charge in [-0.3, -0.25) is 57.7 Å². The van der Waals surface area contributed by atoms with Crippen LogP contribution in [0, 0.1) is 5.92 Å². The molecule has 10 atom stereocenters. The lowest BCUT2D eigenvalue weighted by Crippen LogP contribution is -2.62. The molecule has 8 aromatic rings. The maximum atomic E-state index is 15.7. The van der Waals surface area contributed by atoms with E-state index in [4.69, 9.17) is 28.8 Å². The lowest BCUT2D eigenvalue weighted by atomic mass is 9.97. The quantitative estimate of drug-likeness (QED) is 0.0245. The van der Waals surface area contributed by atoms with Crippen LogP contribution in [0.15, 0.2) is 140 Å². The highest BCUT2D eigenvalue weighted by molar-refractivity contribution is 6.30. The van der Waals surface area contributed by atoms with Crippen molar-refractivity contribution in [2.75, 3.05) is 38.2 Å². The van der Waals surface area contributed by atoms with E-state index in [0.717, 1.165) is 10.8 Å². The molecule has 11 amide bonds.